The molecule has 0 bridgehead atoms. The molecule has 0 atom stereocenters. The van der Waals surface area contributed by atoms with Crippen molar-refractivity contribution in [2.75, 3.05) is 23.3 Å². The normalized spacial score (nSPS) is 13.4. The molecule has 1 saturated heterocycles. The molecular weight excluding hydrogens is 406 g/mol. The lowest BCUT2D eigenvalue weighted by atomic mass is 10.1. The number of hydrogen-bond acceptors (Lipinski definition) is 5. The molecule has 0 spiro atoms. The lowest BCUT2D eigenvalue weighted by Gasteiger charge is -2.17. The molecule has 8 heteroatoms. The van der Waals surface area contributed by atoms with E-state index in [2.05, 4.69) is 15.3 Å². The number of fused-ring (bicyclic) bond motifs is 1. The second-order valence-electron chi connectivity index (χ2n) is 7.79. The molecule has 0 saturated carbocycles. The van der Waals surface area contributed by atoms with Crippen molar-refractivity contribution in [2.45, 2.75) is 12.8 Å². The van der Waals surface area contributed by atoms with Crippen molar-refractivity contribution in [1.29, 1.82) is 0 Å². The van der Waals surface area contributed by atoms with Gasteiger partial charge in [0, 0.05) is 36.0 Å². The van der Waals surface area contributed by atoms with Crippen molar-refractivity contribution < 1.29 is 9.72 Å². The molecule has 1 aromatic heterocycles. The third-order valence-electron chi connectivity index (χ3n) is 5.69. The Labute approximate surface area is 184 Å². The Bertz CT molecular complexity index is 1270. The molecule has 1 fully saturated rings. The number of nitrogens with zero attached hydrogens (tertiary/aromatic N) is 3. The monoisotopic (exact) mass is 427 g/mol. The van der Waals surface area contributed by atoms with Crippen LogP contribution in [0.3, 0.4) is 0 Å². The van der Waals surface area contributed by atoms with Gasteiger partial charge in [0.1, 0.15) is 11.5 Å². The van der Waals surface area contributed by atoms with E-state index in [0.717, 1.165) is 48.4 Å². The Morgan fingerprint density at radius 1 is 1.03 bits per heavy atom. The topological polar surface area (TPSA) is 104 Å². The molecule has 3 aromatic carbocycles. The predicted octanol–water partition coefficient (Wildman–Crippen LogP) is 4.99. The van der Waals surface area contributed by atoms with E-state index in [1.165, 1.54) is 6.07 Å². The average Bonchev–Trinajstić information content (AvgIpc) is 3.49. The number of amides is 1. The van der Waals surface area contributed by atoms with Gasteiger partial charge in [-0.15, -0.1) is 0 Å². The van der Waals surface area contributed by atoms with Gasteiger partial charge < -0.3 is 15.2 Å². The zero-order valence-corrected chi connectivity index (χ0v) is 17.2. The maximum absolute atomic E-state index is 12.7. The Morgan fingerprint density at radius 2 is 1.78 bits per heavy atom. The molecule has 8 nitrogen and oxygen atoms in total. The molecule has 0 radical (unpaired) electrons. The summed E-state index contributed by atoms with van der Waals surface area (Å²) in [4.78, 5) is 33.7. The summed E-state index contributed by atoms with van der Waals surface area (Å²) < 4.78 is 0. The number of aromatic amines is 1. The first kappa shape index (κ1) is 19.7. The second-order valence-corrected chi connectivity index (χ2v) is 7.79. The first-order chi connectivity index (χ1) is 15.6. The molecular formula is C24H21N5O3. The third kappa shape index (κ3) is 3.78. The van der Waals surface area contributed by atoms with Gasteiger partial charge in [0.2, 0.25) is 0 Å². The van der Waals surface area contributed by atoms with E-state index in [-0.39, 0.29) is 11.3 Å². The van der Waals surface area contributed by atoms with Crippen LogP contribution in [0, 0.1) is 10.1 Å². The molecule has 0 unspecified atom stereocenters. The van der Waals surface area contributed by atoms with Crippen LogP contribution >= 0.6 is 0 Å². The molecule has 160 valence electrons. The van der Waals surface area contributed by atoms with E-state index in [0.29, 0.717) is 11.4 Å². The average molecular weight is 427 g/mol. The molecule has 1 amide bonds. The van der Waals surface area contributed by atoms with Gasteiger partial charge >= 0.3 is 0 Å². The molecule has 5 rings (SSSR count). The van der Waals surface area contributed by atoms with Crippen LogP contribution in [-0.4, -0.2) is 33.9 Å². The maximum atomic E-state index is 12.7. The van der Waals surface area contributed by atoms with E-state index in [1.54, 1.807) is 24.3 Å². The second kappa shape index (κ2) is 8.14. The molecule has 1 aliphatic rings. The minimum absolute atomic E-state index is 0.0419. The number of para-hydroxylation sites is 2. The van der Waals surface area contributed by atoms with Crippen molar-refractivity contribution >= 4 is 34.0 Å². The highest BCUT2D eigenvalue weighted by Crippen LogP contribution is 2.32. The number of carbonyl (C=O) groups excluding carboxylic acids is 1. The fourth-order valence-corrected chi connectivity index (χ4v) is 4.04. The fourth-order valence-electron chi connectivity index (χ4n) is 4.04. The largest absolute Gasteiger partial charge is 0.366 e. The van der Waals surface area contributed by atoms with Crippen molar-refractivity contribution in [3.05, 3.63) is 82.4 Å². The predicted molar refractivity (Wildman–Crippen MR) is 124 cm³/mol. The van der Waals surface area contributed by atoms with E-state index >= 15 is 0 Å². The number of nitro groups is 1. The highest BCUT2D eigenvalue weighted by atomic mass is 16.6. The number of rotatable bonds is 5. The minimum atomic E-state index is -0.424. The molecule has 4 aromatic rings. The van der Waals surface area contributed by atoms with Gasteiger partial charge in [-0.25, -0.2) is 4.98 Å². The maximum Gasteiger partial charge on any atom is 0.293 e. The fraction of sp³-hybridized carbons (Fsp3) is 0.167. The summed E-state index contributed by atoms with van der Waals surface area (Å²) >= 11 is 0. The first-order valence-corrected chi connectivity index (χ1v) is 10.5. The number of carbonyl (C=O) groups is 1. The SMILES string of the molecule is O=C(Nc1ccc(-c2nc3ccccc3[nH]2)cc1)c1ccc(N2CCCC2)c([N+](=O)[O-])c1. The summed E-state index contributed by atoms with van der Waals surface area (Å²) in [5, 5.41) is 14.4. The Hall–Kier alpha value is -4.20. The van der Waals surface area contributed by atoms with Crippen molar-refractivity contribution in [3.63, 3.8) is 0 Å². The Morgan fingerprint density at radius 3 is 2.50 bits per heavy atom. The van der Waals surface area contributed by atoms with Crippen LogP contribution in [0.4, 0.5) is 17.1 Å². The van der Waals surface area contributed by atoms with Crippen molar-refractivity contribution in [2.24, 2.45) is 0 Å². The van der Waals surface area contributed by atoms with Crippen LogP contribution in [0.2, 0.25) is 0 Å². The smallest absolute Gasteiger partial charge is 0.293 e. The number of H-pyrrole nitrogens is 1. The van der Waals surface area contributed by atoms with E-state index in [1.807, 2.05) is 41.3 Å². The van der Waals surface area contributed by atoms with Crippen molar-refractivity contribution in [1.82, 2.24) is 9.97 Å². The first-order valence-electron chi connectivity index (χ1n) is 10.5. The van der Waals surface area contributed by atoms with E-state index in [9.17, 15) is 14.9 Å². The van der Waals surface area contributed by atoms with Gasteiger partial charge in [0.05, 0.1) is 16.0 Å². The summed E-state index contributed by atoms with van der Waals surface area (Å²) in [7, 11) is 0. The third-order valence-corrected chi connectivity index (χ3v) is 5.69. The quantitative estimate of drug-likeness (QED) is 0.345. The minimum Gasteiger partial charge on any atom is -0.366 e. The summed E-state index contributed by atoms with van der Waals surface area (Å²) in [6, 6.07) is 19.8. The zero-order chi connectivity index (χ0) is 22.1. The molecule has 2 heterocycles. The number of imidazole rings is 1. The highest BCUT2D eigenvalue weighted by molar-refractivity contribution is 6.05. The summed E-state index contributed by atoms with van der Waals surface area (Å²) in [5.74, 6) is 0.356. The van der Waals surface area contributed by atoms with Crippen LogP contribution in [0.1, 0.15) is 23.2 Å². The lowest BCUT2D eigenvalue weighted by molar-refractivity contribution is -0.384. The number of aromatic nitrogens is 2. The summed E-state index contributed by atoms with van der Waals surface area (Å²) in [6.45, 7) is 1.59. The summed E-state index contributed by atoms with van der Waals surface area (Å²) in [6.07, 6.45) is 2.03. The number of benzene rings is 3. The molecule has 0 aliphatic carbocycles. The van der Waals surface area contributed by atoms with Gasteiger partial charge in [0.25, 0.3) is 11.6 Å². The zero-order valence-electron chi connectivity index (χ0n) is 17.2. The number of nitrogens with one attached hydrogen (secondary N) is 2. The highest BCUT2D eigenvalue weighted by Gasteiger charge is 2.24. The van der Waals surface area contributed by atoms with Gasteiger partial charge in [-0.05, 0) is 61.4 Å². The van der Waals surface area contributed by atoms with E-state index in [4.69, 9.17) is 0 Å². The summed E-state index contributed by atoms with van der Waals surface area (Å²) in [5.41, 5.74) is 4.11. The number of anilines is 2. The van der Waals surface area contributed by atoms with Crippen LogP contribution in [-0.2, 0) is 0 Å². The lowest BCUT2D eigenvalue weighted by Crippen LogP contribution is -2.19. The van der Waals surface area contributed by atoms with Crippen LogP contribution in [0.25, 0.3) is 22.4 Å². The van der Waals surface area contributed by atoms with Gasteiger partial charge in [-0.1, -0.05) is 12.1 Å². The number of nitro benzene ring substituents is 1. The standard InChI is InChI=1S/C24H21N5O3/c30-24(17-9-12-21(22(15-17)29(31)32)28-13-3-4-14-28)25-18-10-7-16(8-11-18)23-26-19-5-1-2-6-20(19)27-23/h1-2,5-12,15H,3-4,13-14H2,(H,25,30)(H,26,27). The Balaban J connectivity index is 1.34. The van der Waals surface area contributed by atoms with Crippen molar-refractivity contribution in [3.8, 4) is 11.4 Å². The van der Waals surface area contributed by atoms with Crippen LogP contribution in [0.5, 0.6) is 0 Å². The van der Waals surface area contributed by atoms with Gasteiger partial charge in [-0.3, -0.25) is 14.9 Å². The van der Waals surface area contributed by atoms with E-state index < -0.39 is 10.8 Å². The molecule has 1 aliphatic heterocycles. The van der Waals surface area contributed by atoms with Gasteiger partial charge in [0.15, 0.2) is 0 Å². The number of hydrogen-bond donors (Lipinski definition) is 2. The van der Waals surface area contributed by atoms with Crippen LogP contribution in [0.15, 0.2) is 66.7 Å². The molecule has 2 N–H and O–H groups in total. The Kier molecular flexibility index (Phi) is 5.03. The van der Waals surface area contributed by atoms with Crippen LogP contribution < -0.4 is 10.2 Å². The van der Waals surface area contributed by atoms with Gasteiger partial charge in [-0.2, -0.15) is 0 Å². The molecule has 32 heavy (non-hydrogen) atoms.